The number of hydrogen-bond acceptors (Lipinski definition) is 2. The van der Waals surface area contributed by atoms with Crippen molar-refractivity contribution in [1.29, 1.82) is 5.41 Å². The molecule has 0 saturated heterocycles. The van der Waals surface area contributed by atoms with Crippen molar-refractivity contribution in [2.24, 2.45) is 0 Å². The van der Waals surface area contributed by atoms with E-state index in [-0.39, 0.29) is 0 Å². The molecule has 0 aromatic rings. The molecule has 2 aliphatic rings. The first-order valence-corrected chi connectivity index (χ1v) is 4.35. The first-order valence-electron chi connectivity index (χ1n) is 4.35. The lowest BCUT2D eigenvalue weighted by atomic mass is 10.0. The fourth-order valence-corrected chi connectivity index (χ4v) is 1.31. The lowest BCUT2D eigenvalue weighted by molar-refractivity contribution is 0.237. The average molecular weight is 173 g/mol. The summed E-state index contributed by atoms with van der Waals surface area (Å²) in [7, 11) is 0. The summed E-state index contributed by atoms with van der Waals surface area (Å²) in [6, 6.07) is 0. The van der Waals surface area contributed by atoms with Gasteiger partial charge < -0.3 is 4.74 Å². The summed E-state index contributed by atoms with van der Waals surface area (Å²) >= 11 is 0. The minimum Gasteiger partial charge on any atom is -0.491 e. The highest BCUT2D eigenvalue weighted by atomic mass is 16.5. The van der Waals surface area contributed by atoms with Gasteiger partial charge in [0.05, 0.1) is 6.61 Å². The minimum atomic E-state index is 0.481. The Morgan fingerprint density at radius 1 is 1.23 bits per heavy atom. The van der Waals surface area contributed by atoms with E-state index in [1.54, 1.807) is 0 Å². The van der Waals surface area contributed by atoms with Crippen LogP contribution in [0.1, 0.15) is 6.42 Å². The van der Waals surface area contributed by atoms with Crippen molar-refractivity contribution < 1.29 is 4.74 Å². The fraction of sp³-hybridized carbons (Fsp3) is 0.182. The van der Waals surface area contributed by atoms with Crippen LogP contribution in [0.25, 0.3) is 0 Å². The molecule has 0 radical (unpaired) electrons. The van der Waals surface area contributed by atoms with E-state index in [9.17, 15) is 0 Å². The third-order valence-corrected chi connectivity index (χ3v) is 2.01. The quantitative estimate of drug-likeness (QED) is 0.599. The summed E-state index contributed by atoms with van der Waals surface area (Å²) in [4.78, 5) is 0. The molecule has 0 fully saturated rings. The molecule has 1 heterocycles. The molecule has 2 bridgehead atoms. The second kappa shape index (κ2) is 3.44. The normalized spacial score (nSPS) is 27.2. The highest BCUT2D eigenvalue weighted by Crippen LogP contribution is 2.16. The van der Waals surface area contributed by atoms with Crippen molar-refractivity contribution in [3.63, 3.8) is 0 Å². The van der Waals surface area contributed by atoms with E-state index in [1.165, 1.54) is 0 Å². The predicted octanol–water partition coefficient (Wildman–Crippen LogP) is 2.36. The number of allylic oxidation sites excluding steroid dienone is 6. The summed E-state index contributed by atoms with van der Waals surface area (Å²) in [6.45, 7) is 0.652. The zero-order valence-corrected chi connectivity index (χ0v) is 7.29. The van der Waals surface area contributed by atoms with E-state index in [4.69, 9.17) is 10.1 Å². The van der Waals surface area contributed by atoms with Crippen LogP contribution in [0.4, 0.5) is 0 Å². The highest BCUT2D eigenvalue weighted by molar-refractivity contribution is 6.12. The monoisotopic (exact) mass is 173 g/mol. The van der Waals surface area contributed by atoms with Crippen molar-refractivity contribution in [1.82, 2.24) is 0 Å². The maximum atomic E-state index is 7.79. The zero-order valence-electron chi connectivity index (χ0n) is 7.29. The molecule has 2 heteroatoms. The molecule has 0 unspecified atom stereocenters. The molecule has 0 spiro atoms. The van der Waals surface area contributed by atoms with Crippen LogP contribution in [0.2, 0.25) is 0 Å². The van der Waals surface area contributed by atoms with Crippen molar-refractivity contribution in [3.05, 3.63) is 47.8 Å². The standard InChI is InChI=1S/C11H11NO/c12-11-9-5-2-1-3-8-13-10(11)7-4-6-9/h1-2,4-7,12H,3,8H2/b2-1-,9-5-,12-11?. The molecule has 13 heavy (non-hydrogen) atoms. The Labute approximate surface area is 77.4 Å². The highest BCUT2D eigenvalue weighted by Gasteiger charge is 2.12. The van der Waals surface area contributed by atoms with Gasteiger partial charge in [0.2, 0.25) is 0 Å². The lowest BCUT2D eigenvalue weighted by Gasteiger charge is -2.13. The zero-order chi connectivity index (χ0) is 9.10. The van der Waals surface area contributed by atoms with Crippen LogP contribution < -0.4 is 0 Å². The second-order valence-electron chi connectivity index (χ2n) is 2.95. The fourth-order valence-electron chi connectivity index (χ4n) is 1.31. The second-order valence-corrected chi connectivity index (χ2v) is 2.95. The third kappa shape index (κ3) is 1.61. The Kier molecular flexibility index (Phi) is 2.13. The van der Waals surface area contributed by atoms with E-state index in [0.29, 0.717) is 18.1 Å². The number of ether oxygens (including phenoxy) is 1. The first-order chi connectivity index (χ1) is 6.38. The molecule has 0 atom stereocenters. The van der Waals surface area contributed by atoms with Crippen molar-refractivity contribution in [2.45, 2.75) is 6.42 Å². The van der Waals surface area contributed by atoms with Crippen LogP contribution in [0.5, 0.6) is 0 Å². The maximum absolute atomic E-state index is 7.79. The van der Waals surface area contributed by atoms with Crippen LogP contribution in [-0.4, -0.2) is 12.3 Å². The van der Waals surface area contributed by atoms with Crippen molar-refractivity contribution in [2.75, 3.05) is 6.61 Å². The topological polar surface area (TPSA) is 33.1 Å². The summed E-state index contributed by atoms with van der Waals surface area (Å²) in [6.07, 6.45) is 12.5. The van der Waals surface area contributed by atoms with Gasteiger partial charge in [-0.2, -0.15) is 0 Å². The Hall–Kier alpha value is -1.57. The molecule has 1 N–H and O–H groups in total. The van der Waals surface area contributed by atoms with Gasteiger partial charge in [0.25, 0.3) is 0 Å². The van der Waals surface area contributed by atoms with Gasteiger partial charge in [0.1, 0.15) is 11.5 Å². The minimum absolute atomic E-state index is 0.481. The van der Waals surface area contributed by atoms with E-state index in [0.717, 1.165) is 12.0 Å². The third-order valence-electron chi connectivity index (χ3n) is 2.01. The lowest BCUT2D eigenvalue weighted by Crippen LogP contribution is -2.09. The number of hydrogen-bond donors (Lipinski definition) is 1. The molecule has 2 rings (SSSR count). The Balaban J connectivity index is 2.38. The average Bonchev–Trinajstić information content (AvgIpc) is 2.21. The van der Waals surface area contributed by atoms with Crippen LogP contribution in [0, 0.1) is 5.41 Å². The van der Waals surface area contributed by atoms with E-state index >= 15 is 0 Å². The summed E-state index contributed by atoms with van der Waals surface area (Å²) < 4.78 is 5.44. The van der Waals surface area contributed by atoms with Gasteiger partial charge in [-0.25, -0.2) is 0 Å². The number of fused-ring (bicyclic) bond motifs is 2. The summed E-state index contributed by atoms with van der Waals surface area (Å²) in [5.74, 6) is 0.678. The first kappa shape index (κ1) is 8.05. The van der Waals surface area contributed by atoms with Gasteiger partial charge in [-0.3, -0.25) is 5.41 Å². The van der Waals surface area contributed by atoms with Crippen LogP contribution in [0.15, 0.2) is 47.8 Å². The van der Waals surface area contributed by atoms with E-state index in [1.807, 2.05) is 30.4 Å². The van der Waals surface area contributed by atoms with Gasteiger partial charge in [-0.05, 0) is 12.5 Å². The molecule has 0 amide bonds. The van der Waals surface area contributed by atoms with E-state index in [2.05, 4.69) is 6.08 Å². The maximum Gasteiger partial charge on any atom is 0.144 e. The predicted molar refractivity (Wildman–Crippen MR) is 52.7 cm³/mol. The van der Waals surface area contributed by atoms with Gasteiger partial charge in [0.15, 0.2) is 0 Å². The molecule has 66 valence electrons. The molecule has 1 aliphatic heterocycles. The number of rotatable bonds is 0. The van der Waals surface area contributed by atoms with Crippen LogP contribution >= 0.6 is 0 Å². The van der Waals surface area contributed by atoms with Crippen LogP contribution in [-0.2, 0) is 4.74 Å². The molecular weight excluding hydrogens is 162 g/mol. The molecule has 0 aromatic heterocycles. The van der Waals surface area contributed by atoms with Crippen molar-refractivity contribution in [3.8, 4) is 0 Å². The largest absolute Gasteiger partial charge is 0.491 e. The van der Waals surface area contributed by atoms with Gasteiger partial charge >= 0.3 is 0 Å². The number of nitrogens with one attached hydrogen (secondary N) is 1. The molecular formula is C11H11NO. The van der Waals surface area contributed by atoms with Gasteiger partial charge in [-0.1, -0.05) is 30.4 Å². The SMILES string of the molecule is N=C1C2=CC=C/C1=C/C=C\CCO2. The molecule has 2 nitrogen and oxygen atoms in total. The smallest absolute Gasteiger partial charge is 0.144 e. The molecule has 0 aromatic carbocycles. The van der Waals surface area contributed by atoms with Crippen LogP contribution in [0.3, 0.4) is 0 Å². The Morgan fingerprint density at radius 2 is 2.15 bits per heavy atom. The molecule has 1 aliphatic carbocycles. The Morgan fingerprint density at radius 3 is 3.08 bits per heavy atom. The summed E-state index contributed by atoms with van der Waals surface area (Å²) in [5, 5.41) is 7.79. The van der Waals surface area contributed by atoms with E-state index < -0.39 is 0 Å². The molecule has 0 saturated carbocycles. The van der Waals surface area contributed by atoms with Gasteiger partial charge in [-0.15, -0.1) is 0 Å². The summed E-state index contributed by atoms with van der Waals surface area (Å²) in [5.41, 5.74) is 1.39. The van der Waals surface area contributed by atoms with Gasteiger partial charge in [0, 0.05) is 5.57 Å². The Bertz CT molecular complexity index is 345. The van der Waals surface area contributed by atoms with Crippen molar-refractivity contribution >= 4 is 5.71 Å².